The van der Waals surface area contributed by atoms with Gasteiger partial charge in [-0.15, -0.1) is 11.3 Å². The van der Waals surface area contributed by atoms with Gasteiger partial charge in [0, 0.05) is 31.5 Å². The van der Waals surface area contributed by atoms with Crippen molar-refractivity contribution in [3.8, 4) is 5.69 Å². The van der Waals surface area contributed by atoms with Crippen LogP contribution in [0.2, 0.25) is 0 Å². The van der Waals surface area contributed by atoms with Gasteiger partial charge in [0.1, 0.15) is 4.88 Å². The number of carbonyl (C=O) groups is 1. The van der Waals surface area contributed by atoms with E-state index in [1.807, 2.05) is 40.5 Å². The van der Waals surface area contributed by atoms with Crippen molar-refractivity contribution in [1.29, 1.82) is 0 Å². The fraction of sp³-hybridized carbons (Fsp3) is 0.357. The first-order valence-electron chi connectivity index (χ1n) is 6.41. The minimum absolute atomic E-state index is 0.00519. The van der Waals surface area contributed by atoms with E-state index in [-0.39, 0.29) is 5.91 Å². The smallest absolute Gasteiger partial charge is 0.263 e. The number of rotatable bonds is 4. The van der Waals surface area contributed by atoms with E-state index >= 15 is 0 Å². The molecule has 1 atom stereocenters. The summed E-state index contributed by atoms with van der Waals surface area (Å²) < 4.78 is 7.27. The third-order valence-electron chi connectivity index (χ3n) is 3.31. The van der Waals surface area contributed by atoms with Gasteiger partial charge in [-0.2, -0.15) is 0 Å². The molecule has 2 aromatic heterocycles. The maximum absolute atomic E-state index is 12.2. The van der Waals surface area contributed by atoms with E-state index in [4.69, 9.17) is 4.74 Å². The second-order valence-corrected chi connectivity index (χ2v) is 5.58. The zero-order chi connectivity index (χ0) is 13.1. The first-order chi connectivity index (χ1) is 9.34. The highest BCUT2D eigenvalue weighted by Gasteiger charge is 2.19. The molecule has 0 aliphatic carbocycles. The second kappa shape index (κ2) is 5.59. The van der Waals surface area contributed by atoms with Crippen LogP contribution in [0, 0.1) is 5.92 Å². The average molecular weight is 276 g/mol. The zero-order valence-corrected chi connectivity index (χ0v) is 11.4. The van der Waals surface area contributed by atoms with E-state index in [0.29, 0.717) is 12.5 Å². The molecule has 4 nitrogen and oxygen atoms in total. The second-order valence-electron chi connectivity index (χ2n) is 4.66. The molecular weight excluding hydrogens is 260 g/mol. The van der Waals surface area contributed by atoms with Crippen molar-refractivity contribution in [3.05, 3.63) is 40.8 Å². The first-order valence-corrected chi connectivity index (χ1v) is 7.29. The molecule has 0 saturated carbocycles. The molecule has 1 fully saturated rings. The highest BCUT2D eigenvalue weighted by atomic mass is 32.1. The molecule has 1 aliphatic heterocycles. The van der Waals surface area contributed by atoms with Gasteiger partial charge in [0.25, 0.3) is 5.91 Å². The molecule has 0 bridgehead atoms. The van der Waals surface area contributed by atoms with E-state index in [1.165, 1.54) is 11.3 Å². The van der Waals surface area contributed by atoms with Gasteiger partial charge in [0.2, 0.25) is 0 Å². The summed E-state index contributed by atoms with van der Waals surface area (Å²) in [5.74, 6) is 0.463. The highest BCUT2D eigenvalue weighted by Crippen LogP contribution is 2.21. The summed E-state index contributed by atoms with van der Waals surface area (Å²) in [5, 5.41) is 4.95. The molecule has 19 heavy (non-hydrogen) atoms. The van der Waals surface area contributed by atoms with Gasteiger partial charge in [0.05, 0.1) is 12.3 Å². The summed E-state index contributed by atoms with van der Waals surface area (Å²) in [7, 11) is 0. The quantitative estimate of drug-likeness (QED) is 0.931. The molecular formula is C14H16N2O2S. The van der Waals surface area contributed by atoms with E-state index in [0.717, 1.165) is 30.2 Å². The molecule has 100 valence electrons. The average Bonchev–Trinajstić information content (AvgIpc) is 3.14. The van der Waals surface area contributed by atoms with E-state index in [9.17, 15) is 4.79 Å². The molecule has 1 amide bonds. The maximum atomic E-state index is 12.2. The molecule has 0 spiro atoms. The van der Waals surface area contributed by atoms with Crippen molar-refractivity contribution < 1.29 is 9.53 Å². The highest BCUT2D eigenvalue weighted by molar-refractivity contribution is 7.12. The molecule has 3 heterocycles. The number of aromatic nitrogens is 1. The Kier molecular flexibility index (Phi) is 3.66. The van der Waals surface area contributed by atoms with E-state index in [1.54, 1.807) is 0 Å². The lowest BCUT2D eigenvalue weighted by atomic mass is 10.1. The summed E-state index contributed by atoms with van der Waals surface area (Å²) in [6.07, 6.45) is 4.93. The summed E-state index contributed by atoms with van der Waals surface area (Å²) in [4.78, 5) is 13.0. The van der Waals surface area contributed by atoms with Crippen molar-refractivity contribution in [3.63, 3.8) is 0 Å². The van der Waals surface area contributed by atoms with Crippen molar-refractivity contribution >= 4 is 17.2 Å². The van der Waals surface area contributed by atoms with Gasteiger partial charge in [-0.3, -0.25) is 4.79 Å². The fourth-order valence-corrected chi connectivity index (χ4v) is 3.04. The fourth-order valence-electron chi connectivity index (χ4n) is 2.23. The van der Waals surface area contributed by atoms with Crippen LogP contribution in [0.4, 0.5) is 0 Å². The number of ether oxygens (including phenoxy) is 1. The minimum Gasteiger partial charge on any atom is -0.381 e. The van der Waals surface area contributed by atoms with Crippen LogP contribution in [-0.2, 0) is 4.74 Å². The van der Waals surface area contributed by atoms with Gasteiger partial charge in [-0.05, 0) is 30.0 Å². The van der Waals surface area contributed by atoms with Gasteiger partial charge in [-0.25, -0.2) is 0 Å². The molecule has 1 N–H and O–H groups in total. The number of hydrogen-bond donors (Lipinski definition) is 1. The first kappa shape index (κ1) is 12.4. The third kappa shape index (κ3) is 2.72. The number of amides is 1. The molecule has 1 saturated heterocycles. The molecule has 0 radical (unpaired) electrons. The molecule has 1 aliphatic rings. The van der Waals surface area contributed by atoms with E-state index in [2.05, 4.69) is 5.32 Å². The number of thiophene rings is 1. The SMILES string of the molecule is O=C(NC[C@H]1CCOC1)c1sccc1-n1cccc1. The Balaban J connectivity index is 1.68. The van der Waals surface area contributed by atoms with Crippen LogP contribution in [0.25, 0.3) is 5.69 Å². The molecule has 0 unspecified atom stereocenters. The third-order valence-corrected chi connectivity index (χ3v) is 4.21. The van der Waals surface area contributed by atoms with Crippen LogP contribution in [0.15, 0.2) is 36.0 Å². The van der Waals surface area contributed by atoms with Crippen LogP contribution >= 0.6 is 11.3 Å². The van der Waals surface area contributed by atoms with Crippen LogP contribution in [0.5, 0.6) is 0 Å². The predicted octanol–water partition coefficient (Wildman–Crippen LogP) is 2.31. The van der Waals surface area contributed by atoms with Crippen LogP contribution in [0.1, 0.15) is 16.1 Å². The summed E-state index contributed by atoms with van der Waals surface area (Å²) in [6, 6.07) is 5.88. The topological polar surface area (TPSA) is 43.3 Å². The van der Waals surface area contributed by atoms with Gasteiger partial charge < -0.3 is 14.6 Å². The Morgan fingerprint density at radius 2 is 2.32 bits per heavy atom. The number of nitrogens with one attached hydrogen (secondary N) is 1. The molecule has 0 aromatic carbocycles. The number of carbonyl (C=O) groups excluding carboxylic acids is 1. The lowest BCUT2D eigenvalue weighted by Gasteiger charge is -2.10. The number of hydrogen-bond acceptors (Lipinski definition) is 3. The van der Waals surface area contributed by atoms with Crippen molar-refractivity contribution in [2.75, 3.05) is 19.8 Å². The Morgan fingerprint density at radius 3 is 3.05 bits per heavy atom. The molecule has 2 aromatic rings. The monoisotopic (exact) mass is 276 g/mol. The van der Waals surface area contributed by atoms with Crippen molar-refractivity contribution in [2.24, 2.45) is 5.92 Å². The van der Waals surface area contributed by atoms with Gasteiger partial charge in [0.15, 0.2) is 0 Å². The largest absolute Gasteiger partial charge is 0.381 e. The molecule has 5 heteroatoms. The summed E-state index contributed by atoms with van der Waals surface area (Å²) in [6.45, 7) is 2.27. The van der Waals surface area contributed by atoms with Crippen LogP contribution in [-0.4, -0.2) is 30.2 Å². The van der Waals surface area contributed by atoms with E-state index < -0.39 is 0 Å². The Bertz CT molecular complexity index is 542. The Morgan fingerprint density at radius 1 is 1.47 bits per heavy atom. The summed E-state index contributed by atoms with van der Waals surface area (Å²) >= 11 is 1.47. The lowest BCUT2D eigenvalue weighted by molar-refractivity contribution is 0.0949. The Labute approximate surface area is 116 Å². The Hall–Kier alpha value is -1.59. The van der Waals surface area contributed by atoms with Crippen LogP contribution < -0.4 is 5.32 Å². The maximum Gasteiger partial charge on any atom is 0.263 e. The van der Waals surface area contributed by atoms with Gasteiger partial charge >= 0.3 is 0 Å². The lowest BCUT2D eigenvalue weighted by Crippen LogP contribution is -2.29. The summed E-state index contributed by atoms with van der Waals surface area (Å²) in [5.41, 5.74) is 0.940. The number of nitrogens with zero attached hydrogens (tertiary/aromatic N) is 1. The predicted molar refractivity (Wildman–Crippen MR) is 74.9 cm³/mol. The standard InChI is InChI=1S/C14H16N2O2S/c17-14(15-9-11-3-7-18-10-11)13-12(4-8-19-13)16-5-1-2-6-16/h1-2,4-6,8,11H,3,7,9-10H2,(H,15,17)/t11-/m1/s1. The van der Waals surface area contributed by atoms with Crippen molar-refractivity contribution in [2.45, 2.75) is 6.42 Å². The van der Waals surface area contributed by atoms with Crippen LogP contribution in [0.3, 0.4) is 0 Å². The minimum atomic E-state index is 0.00519. The molecule has 3 rings (SSSR count). The van der Waals surface area contributed by atoms with Gasteiger partial charge in [-0.1, -0.05) is 0 Å². The normalized spacial score (nSPS) is 18.6. The zero-order valence-electron chi connectivity index (χ0n) is 10.5. The van der Waals surface area contributed by atoms with Crippen molar-refractivity contribution in [1.82, 2.24) is 9.88 Å².